The summed E-state index contributed by atoms with van der Waals surface area (Å²) in [4.78, 5) is 3.97. The molecule has 0 saturated carbocycles. The summed E-state index contributed by atoms with van der Waals surface area (Å²) in [6, 6.07) is 7.87. The average Bonchev–Trinajstić information content (AvgIpc) is 2.71. The molecule has 2 aromatic rings. The fraction of sp³-hybridized carbons (Fsp3) is 0.182. The Morgan fingerprint density at radius 2 is 2.00 bits per heavy atom. The number of rotatable bonds is 3. The molecule has 3 nitrogen and oxygen atoms in total. The highest BCUT2D eigenvalue weighted by Crippen LogP contribution is 2.10. The molecule has 1 aromatic heterocycles. The van der Waals surface area contributed by atoms with E-state index in [2.05, 4.69) is 4.98 Å². The molecule has 0 atom stereocenters. The summed E-state index contributed by atoms with van der Waals surface area (Å²) in [5.41, 5.74) is 2.11. The number of aromatic nitrogens is 2. The van der Waals surface area contributed by atoms with Gasteiger partial charge >= 0.3 is 0 Å². The Balaban J connectivity index is 2.24. The van der Waals surface area contributed by atoms with E-state index >= 15 is 0 Å². The zero-order chi connectivity index (χ0) is 9.80. The molecule has 0 aliphatic carbocycles. The summed E-state index contributed by atoms with van der Waals surface area (Å²) in [6.07, 6.45) is 5.43. The molecule has 1 N–H and O–H groups in total. The normalized spacial score (nSPS) is 10.4. The molecule has 0 bridgehead atoms. The van der Waals surface area contributed by atoms with Crippen molar-refractivity contribution in [2.24, 2.45) is 0 Å². The molecule has 72 valence electrons. The second-order valence-electron chi connectivity index (χ2n) is 3.16. The Bertz CT molecular complexity index is 395. The van der Waals surface area contributed by atoms with Gasteiger partial charge in [0.05, 0.1) is 12.9 Å². The molecule has 0 aliphatic heterocycles. The molecule has 2 rings (SSSR count). The van der Waals surface area contributed by atoms with Crippen LogP contribution in [0.3, 0.4) is 0 Å². The van der Waals surface area contributed by atoms with Crippen molar-refractivity contribution in [2.45, 2.75) is 13.2 Å². The number of imidazole rings is 1. The lowest BCUT2D eigenvalue weighted by Crippen LogP contribution is -2.00. The van der Waals surface area contributed by atoms with Crippen LogP contribution in [0.1, 0.15) is 11.1 Å². The maximum absolute atomic E-state index is 9.12. The van der Waals surface area contributed by atoms with Gasteiger partial charge in [-0.3, -0.25) is 0 Å². The molecular weight excluding hydrogens is 176 g/mol. The largest absolute Gasteiger partial charge is 0.392 e. The smallest absolute Gasteiger partial charge is 0.0949 e. The van der Waals surface area contributed by atoms with Crippen LogP contribution in [0.4, 0.5) is 0 Å². The molecule has 3 heteroatoms. The van der Waals surface area contributed by atoms with E-state index < -0.39 is 0 Å². The second kappa shape index (κ2) is 4.07. The highest BCUT2D eigenvalue weighted by Gasteiger charge is 2.00. The van der Waals surface area contributed by atoms with Crippen LogP contribution in [0.15, 0.2) is 43.0 Å². The lowest BCUT2D eigenvalue weighted by Gasteiger charge is -2.07. The fourth-order valence-electron chi connectivity index (χ4n) is 1.44. The fourth-order valence-corrected chi connectivity index (χ4v) is 1.44. The Hall–Kier alpha value is -1.61. The van der Waals surface area contributed by atoms with Gasteiger partial charge in [-0.1, -0.05) is 24.3 Å². The zero-order valence-electron chi connectivity index (χ0n) is 7.80. The van der Waals surface area contributed by atoms with Crippen molar-refractivity contribution < 1.29 is 5.11 Å². The van der Waals surface area contributed by atoms with Crippen molar-refractivity contribution in [1.29, 1.82) is 0 Å². The molecular formula is C11H12N2O. The molecule has 1 aromatic carbocycles. The predicted molar refractivity (Wildman–Crippen MR) is 53.7 cm³/mol. The topological polar surface area (TPSA) is 38.0 Å². The minimum absolute atomic E-state index is 0.0882. The molecule has 0 spiro atoms. The van der Waals surface area contributed by atoms with E-state index in [1.807, 2.05) is 35.0 Å². The average molecular weight is 188 g/mol. The zero-order valence-corrected chi connectivity index (χ0v) is 7.80. The third-order valence-corrected chi connectivity index (χ3v) is 2.20. The standard InChI is InChI=1S/C11H12N2O/c14-8-11-4-2-1-3-10(11)7-13-6-5-12-9-13/h1-6,9,14H,7-8H2. The molecule has 0 saturated heterocycles. The van der Waals surface area contributed by atoms with E-state index in [1.165, 1.54) is 0 Å². The van der Waals surface area contributed by atoms with Gasteiger partial charge < -0.3 is 9.67 Å². The summed E-state index contributed by atoms with van der Waals surface area (Å²) in [5, 5.41) is 9.12. The van der Waals surface area contributed by atoms with Crippen LogP contribution in [0, 0.1) is 0 Å². The number of aliphatic hydroxyl groups excluding tert-OH is 1. The monoisotopic (exact) mass is 188 g/mol. The molecule has 14 heavy (non-hydrogen) atoms. The van der Waals surface area contributed by atoms with Gasteiger partial charge in [-0.25, -0.2) is 4.98 Å². The Morgan fingerprint density at radius 1 is 1.21 bits per heavy atom. The van der Waals surface area contributed by atoms with Crippen molar-refractivity contribution in [3.63, 3.8) is 0 Å². The Labute approximate surface area is 82.7 Å². The van der Waals surface area contributed by atoms with Gasteiger partial charge in [-0.15, -0.1) is 0 Å². The minimum Gasteiger partial charge on any atom is -0.392 e. The number of benzene rings is 1. The van der Waals surface area contributed by atoms with Crippen molar-refractivity contribution in [2.75, 3.05) is 0 Å². The van der Waals surface area contributed by atoms with Gasteiger partial charge in [-0.05, 0) is 11.1 Å². The van der Waals surface area contributed by atoms with Gasteiger partial charge in [0, 0.05) is 18.9 Å². The van der Waals surface area contributed by atoms with Gasteiger partial charge in [0.25, 0.3) is 0 Å². The van der Waals surface area contributed by atoms with Gasteiger partial charge in [0.1, 0.15) is 0 Å². The quantitative estimate of drug-likeness (QED) is 0.791. The van der Waals surface area contributed by atoms with Crippen molar-refractivity contribution >= 4 is 0 Å². The molecule has 0 radical (unpaired) electrons. The van der Waals surface area contributed by atoms with E-state index in [0.717, 1.165) is 17.7 Å². The predicted octanol–water partition coefficient (Wildman–Crippen LogP) is 1.42. The maximum atomic E-state index is 9.12. The summed E-state index contributed by atoms with van der Waals surface area (Å²) < 4.78 is 1.98. The molecule has 0 fully saturated rings. The van der Waals surface area contributed by atoms with E-state index in [1.54, 1.807) is 12.5 Å². The highest BCUT2D eigenvalue weighted by atomic mass is 16.3. The SMILES string of the molecule is OCc1ccccc1Cn1ccnc1. The third-order valence-electron chi connectivity index (χ3n) is 2.20. The van der Waals surface area contributed by atoms with Crippen LogP contribution in [0.2, 0.25) is 0 Å². The first-order valence-corrected chi connectivity index (χ1v) is 4.53. The van der Waals surface area contributed by atoms with Crippen LogP contribution in [-0.4, -0.2) is 14.7 Å². The van der Waals surface area contributed by atoms with Gasteiger partial charge in [0.2, 0.25) is 0 Å². The van der Waals surface area contributed by atoms with E-state index in [0.29, 0.717) is 0 Å². The first-order valence-electron chi connectivity index (χ1n) is 4.53. The van der Waals surface area contributed by atoms with Crippen molar-refractivity contribution in [3.8, 4) is 0 Å². The van der Waals surface area contributed by atoms with Crippen LogP contribution >= 0.6 is 0 Å². The molecule has 0 unspecified atom stereocenters. The Morgan fingerprint density at radius 3 is 2.64 bits per heavy atom. The van der Waals surface area contributed by atoms with Crippen molar-refractivity contribution in [1.82, 2.24) is 9.55 Å². The van der Waals surface area contributed by atoms with Crippen LogP contribution < -0.4 is 0 Å². The summed E-state index contributed by atoms with van der Waals surface area (Å²) in [7, 11) is 0. The lowest BCUT2D eigenvalue weighted by molar-refractivity contribution is 0.280. The van der Waals surface area contributed by atoms with Gasteiger partial charge in [-0.2, -0.15) is 0 Å². The van der Waals surface area contributed by atoms with Crippen LogP contribution in [0.25, 0.3) is 0 Å². The summed E-state index contributed by atoms with van der Waals surface area (Å²) in [6.45, 7) is 0.849. The van der Waals surface area contributed by atoms with Crippen LogP contribution in [-0.2, 0) is 13.2 Å². The highest BCUT2D eigenvalue weighted by molar-refractivity contribution is 5.26. The minimum atomic E-state index is 0.0882. The van der Waals surface area contributed by atoms with Crippen LogP contribution in [0.5, 0.6) is 0 Å². The molecule has 1 heterocycles. The van der Waals surface area contributed by atoms with E-state index in [-0.39, 0.29) is 6.61 Å². The number of hydrogen-bond donors (Lipinski definition) is 1. The molecule has 0 aliphatic rings. The summed E-state index contributed by atoms with van der Waals surface area (Å²) in [5.74, 6) is 0. The van der Waals surface area contributed by atoms with Crippen molar-refractivity contribution in [3.05, 3.63) is 54.1 Å². The lowest BCUT2D eigenvalue weighted by atomic mass is 10.1. The first kappa shape index (κ1) is 8.97. The third kappa shape index (κ3) is 1.83. The van der Waals surface area contributed by atoms with Gasteiger partial charge in [0.15, 0.2) is 0 Å². The number of nitrogens with zero attached hydrogens (tertiary/aromatic N) is 2. The Kier molecular flexibility index (Phi) is 2.60. The number of hydrogen-bond acceptors (Lipinski definition) is 2. The first-order chi connectivity index (χ1) is 6.90. The molecule has 0 amide bonds. The number of aliphatic hydroxyl groups is 1. The van der Waals surface area contributed by atoms with E-state index in [9.17, 15) is 0 Å². The maximum Gasteiger partial charge on any atom is 0.0949 e. The summed E-state index contributed by atoms with van der Waals surface area (Å²) >= 11 is 0. The second-order valence-corrected chi connectivity index (χ2v) is 3.16. The van der Waals surface area contributed by atoms with E-state index in [4.69, 9.17) is 5.11 Å².